The Bertz CT molecular complexity index is 1160. The topological polar surface area (TPSA) is 99.1 Å². The molecule has 0 radical (unpaired) electrons. The van der Waals surface area contributed by atoms with Gasteiger partial charge in [0.1, 0.15) is 22.8 Å². The Hall–Kier alpha value is -2.41. The van der Waals surface area contributed by atoms with Gasteiger partial charge < -0.3 is 9.47 Å². The number of halogens is 3. The van der Waals surface area contributed by atoms with Crippen molar-refractivity contribution in [3.63, 3.8) is 0 Å². The van der Waals surface area contributed by atoms with Crippen molar-refractivity contribution in [1.82, 2.24) is 20.2 Å². The smallest absolute Gasteiger partial charge is 0.285 e. The molecular formula is C19H16ClF2N5O3S2. The number of aromatic nitrogens is 4. The predicted octanol–water partition coefficient (Wildman–Crippen LogP) is 4.34. The van der Waals surface area contributed by atoms with Crippen LogP contribution in [0, 0.1) is 6.92 Å². The van der Waals surface area contributed by atoms with Crippen LogP contribution in [0.25, 0.3) is 11.1 Å². The number of amides is 1. The number of rotatable bonds is 6. The molecule has 8 nitrogen and oxygen atoms in total. The van der Waals surface area contributed by atoms with Gasteiger partial charge in [-0.1, -0.05) is 34.7 Å². The fourth-order valence-corrected chi connectivity index (χ4v) is 5.13. The van der Waals surface area contributed by atoms with Gasteiger partial charge in [0.25, 0.3) is 11.8 Å². The van der Waals surface area contributed by atoms with Crippen molar-refractivity contribution in [3.8, 4) is 16.9 Å². The SMILES string of the molecule is COc1cnc(Cl)cc1-c1cc(C)ncc1C(=O)Nc1nnc(SC2COCC2(F)F)s1. The van der Waals surface area contributed by atoms with Gasteiger partial charge in [-0.3, -0.25) is 15.1 Å². The zero-order valence-electron chi connectivity index (χ0n) is 16.8. The fourth-order valence-electron chi connectivity index (χ4n) is 2.99. The van der Waals surface area contributed by atoms with Gasteiger partial charge in [0, 0.05) is 23.0 Å². The summed E-state index contributed by atoms with van der Waals surface area (Å²) in [7, 11) is 1.49. The van der Waals surface area contributed by atoms with Crippen molar-refractivity contribution in [3.05, 3.63) is 40.9 Å². The average Bonchev–Trinajstić information content (AvgIpc) is 3.33. The van der Waals surface area contributed by atoms with E-state index in [1.54, 1.807) is 19.1 Å². The number of pyridine rings is 2. The van der Waals surface area contributed by atoms with E-state index in [0.29, 0.717) is 26.9 Å². The molecule has 1 atom stereocenters. The molecule has 1 aliphatic rings. The number of nitrogens with one attached hydrogen (secondary N) is 1. The maximum Gasteiger partial charge on any atom is 0.285 e. The zero-order valence-corrected chi connectivity index (χ0v) is 19.2. The molecule has 0 bridgehead atoms. The van der Waals surface area contributed by atoms with Gasteiger partial charge >= 0.3 is 0 Å². The number of ether oxygens (including phenoxy) is 2. The number of alkyl halides is 2. The summed E-state index contributed by atoms with van der Waals surface area (Å²) in [5, 5.41) is 9.80. The van der Waals surface area contributed by atoms with Gasteiger partial charge in [-0.25, -0.2) is 13.8 Å². The Balaban J connectivity index is 1.58. The molecule has 1 amide bonds. The number of aryl methyl sites for hydroxylation is 1. The molecule has 168 valence electrons. The number of anilines is 1. The third-order valence-corrected chi connectivity index (χ3v) is 6.96. The average molecular weight is 500 g/mol. The van der Waals surface area contributed by atoms with E-state index < -0.39 is 23.7 Å². The minimum atomic E-state index is -2.94. The molecule has 3 aromatic rings. The highest BCUT2D eigenvalue weighted by Gasteiger charge is 2.46. The minimum absolute atomic E-state index is 0.0757. The standard InChI is InChI=1S/C19H16ClF2N5O3S2/c1-9-3-10(11-4-15(20)24-6-13(11)29-2)12(5-23-9)16(28)25-17-26-27-18(32-17)31-14-7-30-8-19(14,21)22/h3-6,14H,7-8H2,1-2H3,(H,25,26,28). The van der Waals surface area contributed by atoms with Crippen molar-refractivity contribution < 1.29 is 23.0 Å². The normalized spacial score (nSPS) is 17.3. The maximum absolute atomic E-state index is 13.8. The van der Waals surface area contributed by atoms with Crippen molar-refractivity contribution >= 4 is 45.7 Å². The highest BCUT2D eigenvalue weighted by Crippen LogP contribution is 2.40. The van der Waals surface area contributed by atoms with E-state index in [9.17, 15) is 13.6 Å². The Morgan fingerprint density at radius 2 is 2.12 bits per heavy atom. The third kappa shape index (κ3) is 4.82. The van der Waals surface area contributed by atoms with E-state index in [0.717, 1.165) is 23.1 Å². The molecule has 4 rings (SSSR count). The van der Waals surface area contributed by atoms with Crippen LogP contribution in [0.15, 0.2) is 28.9 Å². The van der Waals surface area contributed by atoms with Crippen molar-refractivity contribution in [2.75, 3.05) is 25.6 Å². The van der Waals surface area contributed by atoms with Crippen LogP contribution < -0.4 is 10.1 Å². The molecule has 0 spiro atoms. The summed E-state index contributed by atoms with van der Waals surface area (Å²) in [6.45, 7) is 1.10. The number of hydrogen-bond donors (Lipinski definition) is 1. The minimum Gasteiger partial charge on any atom is -0.494 e. The maximum atomic E-state index is 13.8. The number of nitrogens with zero attached hydrogens (tertiary/aromatic N) is 4. The molecule has 1 saturated heterocycles. The van der Waals surface area contributed by atoms with E-state index in [4.69, 9.17) is 21.1 Å². The van der Waals surface area contributed by atoms with Crippen LogP contribution in [0.4, 0.5) is 13.9 Å². The molecule has 4 heterocycles. The highest BCUT2D eigenvalue weighted by atomic mass is 35.5. The van der Waals surface area contributed by atoms with E-state index in [1.807, 2.05) is 0 Å². The molecule has 13 heteroatoms. The second kappa shape index (κ2) is 9.22. The van der Waals surface area contributed by atoms with Crippen molar-refractivity contribution in [1.29, 1.82) is 0 Å². The number of carbonyl (C=O) groups is 1. The summed E-state index contributed by atoms with van der Waals surface area (Å²) in [4.78, 5) is 21.2. The molecule has 0 aromatic carbocycles. The van der Waals surface area contributed by atoms with Crippen LogP contribution >= 0.6 is 34.7 Å². The van der Waals surface area contributed by atoms with Gasteiger partial charge in [0.2, 0.25) is 5.13 Å². The largest absolute Gasteiger partial charge is 0.494 e. The first-order valence-corrected chi connectivity index (χ1v) is 11.3. The molecule has 0 aliphatic carbocycles. The number of methoxy groups -OCH3 is 1. The first-order chi connectivity index (χ1) is 15.3. The number of thioether (sulfide) groups is 1. The second-order valence-electron chi connectivity index (χ2n) is 6.79. The van der Waals surface area contributed by atoms with E-state index in [2.05, 4.69) is 25.5 Å². The predicted molar refractivity (Wildman–Crippen MR) is 117 cm³/mol. The van der Waals surface area contributed by atoms with Crippen LogP contribution in [-0.4, -0.2) is 57.6 Å². The molecule has 1 N–H and O–H groups in total. The van der Waals surface area contributed by atoms with Gasteiger partial charge in [0.05, 0.1) is 25.5 Å². The van der Waals surface area contributed by atoms with Crippen molar-refractivity contribution in [2.24, 2.45) is 0 Å². The van der Waals surface area contributed by atoms with E-state index in [1.165, 1.54) is 19.5 Å². The lowest BCUT2D eigenvalue weighted by Gasteiger charge is -2.13. The van der Waals surface area contributed by atoms with Gasteiger partial charge in [0.15, 0.2) is 4.34 Å². The first kappa shape index (κ1) is 22.8. The lowest BCUT2D eigenvalue weighted by molar-refractivity contribution is -0.00447. The molecule has 3 aromatic heterocycles. The third-order valence-electron chi connectivity index (χ3n) is 4.53. The monoisotopic (exact) mass is 499 g/mol. The molecule has 0 saturated carbocycles. The summed E-state index contributed by atoms with van der Waals surface area (Å²) in [6.07, 6.45) is 2.90. The Kier molecular flexibility index (Phi) is 6.56. The Morgan fingerprint density at radius 3 is 2.84 bits per heavy atom. The molecule has 1 aliphatic heterocycles. The van der Waals surface area contributed by atoms with Gasteiger partial charge in [-0.15, -0.1) is 10.2 Å². The number of hydrogen-bond acceptors (Lipinski definition) is 9. The fraction of sp³-hybridized carbons (Fsp3) is 0.316. The van der Waals surface area contributed by atoms with Gasteiger partial charge in [-0.05, 0) is 19.1 Å². The van der Waals surface area contributed by atoms with Crippen molar-refractivity contribution in [2.45, 2.75) is 22.4 Å². The molecular weight excluding hydrogens is 484 g/mol. The Labute approximate surface area is 194 Å². The number of carbonyl (C=O) groups excluding carboxylic acids is 1. The molecule has 1 unspecified atom stereocenters. The lowest BCUT2D eigenvalue weighted by Crippen LogP contribution is -2.28. The highest BCUT2D eigenvalue weighted by molar-refractivity contribution is 8.01. The van der Waals surface area contributed by atoms with Crippen LogP contribution in [0.1, 0.15) is 16.1 Å². The Morgan fingerprint density at radius 1 is 1.31 bits per heavy atom. The van der Waals surface area contributed by atoms with E-state index in [-0.39, 0.29) is 22.5 Å². The summed E-state index contributed by atoms with van der Waals surface area (Å²) in [6, 6.07) is 3.32. The quantitative estimate of drug-likeness (QED) is 0.395. The lowest BCUT2D eigenvalue weighted by atomic mass is 10.0. The molecule has 1 fully saturated rings. The summed E-state index contributed by atoms with van der Waals surface area (Å²) in [5.74, 6) is -3.00. The van der Waals surface area contributed by atoms with Gasteiger partial charge in [-0.2, -0.15) is 0 Å². The zero-order chi connectivity index (χ0) is 22.9. The van der Waals surface area contributed by atoms with E-state index >= 15 is 0 Å². The second-order valence-corrected chi connectivity index (χ2v) is 9.60. The van der Waals surface area contributed by atoms with Crippen LogP contribution in [-0.2, 0) is 4.74 Å². The summed E-state index contributed by atoms with van der Waals surface area (Å²) < 4.78 is 38.1. The first-order valence-electron chi connectivity index (χ1n) is 9.20. The van der Waals surface area contributed by atoms with Crippen LogP contribution in [0.5, 0.6) is 5.75 Å². The van der Waals surface area contributed by atoms with Crippen LogP contribution in [0.3, 0.4) is 0 Å². The van der Waals surface area contributed by atoms with Crippen LogP contribution in [0.2, 0.25) is 5.15 Å². The summed E-state index contributed by atoms with van der Waals surface area (Å²) in [5.41, 5.74) is 2.04. The summed E-state index contributed by atoms with van der Waals surface area (Å²) >= 11 is 7.93. The molecule has 32 heavy (non-hydrogen) atoms.